The summed E-state index contributed by atoms with van der Waals surface area (Å²) in [6.45, 7) is 0.547. The summed E-state index contributed by atoms with van der Waals surface area (Å²) < 4.78 is 32.9. The third-order valence-corrected chi connectivity index (χ3v) is 2.96. The highest BCUT2D eigenvalue weighted by Crippen LogP contribution is 2.15. The first-order valence-electron chi connectivity index (χ1n) is 6.94. The minimum absolute atomic E-state index is 0.0398. The maximum absolute atomic E-state index is 12.1. The summed E-state index contributed by atoms with van der Waals surface area (Å²) in [5.41, 5.74) is 0.641. The predicted octanol–water partition coefficient (Wildman–Crippen LogP) is 2.71. The SMILES string of the molecule is COC(=O)CN(C(=O)/C=C/c1ccc(OC(F)F)cc1)C(C)C. The first-order valence-corrected chi connectivity index (χ1v) is 6.94. The number of methoxy groups -OCH3 is 1. The number of hydrogen-bond donors (Lipinski definition) is 0. The van der Waals surface area contributed by atoms with Gasteiger partial charge in [0, 0.05) is 12.1 Å². The summed E-state index contributed by atoms with van der Waals surface area (Å²) in [5, 5.41) is 0. The molecule has 126 valence electrons. The second-order valence-electron chi connectivity index (χ2n) is 4.92. The number of benzene rings is 1. The molecular weight excluding hydrogens is 308 g/mol. The van der Waals surface area contributed by atoms with Crippen molar-refractivity contribution in [1.82, 2.24) is 4.90 Å². The molecule has 0 radical (unpaired) electrons. The normalized spacial score (nSPS) is 11.1. The fourth-order valence-electron chi connectivity index (χ4n) is 1.74. The fraction of sp³-hybridized carbons (Fsp3) is 0.375. The number of ether oxygens (including phenoxy) is 2. The molecular formula is C16H19F2NO4. The zero-order valence-electron chi connectivity index (χ0n) is 13.2. The van der Waals surface area contributed by atoms with Gasteiger partial charge in [-0.15, -0.1) is 0 Å². The van der Waals surface area contributed by atoms with Crippen LogP contribution in [0.1, 0.15) is 19.4 Å². The van der Waals surface area contributed by atoms with Gasteiger partial charge in [-0.05, 0) is 37.6 Å². The smallest absolute Gasteiger partial charge is 0.387 e. The molecule has 7 heteroatoms. The number of halogens is 2. The predicted molar refractivity (Wildman–Crippen MR) is 81.0 cm³/mol. The first-order chi connectivity index (χ1) is 10.8. The lowest BCUT2D eigenvalue weighted by Crippen LogP contribution is -2.40. The van der Waals surface area contributed by atoms with Gasteiger partial charge < -0.3 is 14.4 Å². The molecule has 0 saturated heterocycles. The van der Waals surface area contributed by atoms with Gasteiger partial charge in [0.2, 0.25) is 5.91 Å². The van der Waals surface area contributed by atoms with Gasteiger partial charge in [0.05, 0.1) is 7.11 Å². The van der Waals surface area contributed by atoms with Gasteiger partial charge in [0.1, 0.15) is 12.3 Å². The topological polar surface area (TPSA) is 55.8 Å². The summed E-state index contributed by atoms with van der Waals surface area (Å²) in [6.07, 6.45) is 2.84. The Morgan fingerprint density at radius 3 is 2.30 bits per heavy atom. The van der Waals surface area contributed by atoms with Gasteiger partial charge in [-0.2, -0.15) is 8.78 Å². The van der Waals surface area contributed by atoms with Gasteiger partial charge in [0.15, 0.2) is 0 Å². The summed E-state index contributed by atoms with van der Waals surface area (Å²) in [7, 11) is 1.25. The lowest BCUT2D eigenvalue weighted by atomic mass is 10.2. The van der Waals surface area contributed by atoms with Crippen LogP contribution in [0.25, 0.3) is 6.08 Å². The van der Waals surface area contributed by atoms with E-state index in [2.05, 4.69) is 9.47 Å². The number of carbonyl (C=O) groups is 2. The molecule has 1 rings (SSSR count). The maximum atomic E-state index is 12.1. The van der Waals surface area contributed by atoms with Crippen LogP contribution in [-0.2, 0) is 14.3 Å². The standard InChI is InChI=1S/C16H19F2NO4/c1-11(2)19(10-15(21)22-3)14(20)9-6-12-4-7-13(8-5-12)23-16(17)18/h4-9,11,16H,10H2,1-3H3/b9-6+. The molecule has 1 amide bonds. The molecule has 0 aliphatic rings. The second kappa shape index (κ2) is 8.87. The molecule has 0 N–H and O–H groups in total. The quantitative estimate of drug-likeness (QED) is 0.571. The summed E-state index contributed by atoms with van der Waals surface area (Å²) in [6, 6.07) is 5.67. The zero-order valence-corrected chi connectivity index (χ0v) is 13.2. The number of amides is 1. The van der Waals surface area contributed by atoms with Gasteiger partial charge in [-0.25, -0.2) is 0 Å². The fourth-order valence-corrected chi connectivity index (χ4v) is 1.74. The Bertz CT molecular complexity index is 556. The largest absolute Gasteiger partial charge is 0.468 e. The molecule has 0 atom stereocenters. The molecule has 0 aromatic heterocycles. The molecule has 0 saturated carbocycles. The summed E-state index contributed by atoms with van der Waals surface area (Å²) in [4.78, 5) is 24.8. The van der Waals surface area contributed by atoms with E-state index >= 15 is 0 Å². The van der Waals surface area contributed by atoms with Crippen LogP contribution in [-0.4, -0.2) is 43.1 Å². The van der Waals surface area contributed by atoms with Crippen molar-refractivity contribution in [3.8, 4) is 5.75 Å². The number of esters is 1. The number of carbonyl (C=O) groups excluding carboxylic acids is 2. The van der Waals surface area contributed by atoms with Crippen LogP contribution >= 0.6 is 0 Å². The monoisotopic (exact) mass is 327 g/mol. The van der Waals surface area contributed by atoms with Crippen molar-refractivity contribution in [3.63, 3.8) is 0 Å². The van der Waals surface area contributed by atoms with Crippen molar-refractivity contribution in [2.45, 2.75) is 26.5 Å². The van der Waals surface area contributed by atoms with Crippen LogP contribution in [0.3, 0.4) is 0 Å². The Balaban J connectivity index is 2.73. The zero-order chi connectivity index (χ0) is 17.4. The molecule has 0 spiro atoms. The Hall–Kier alpha value is -2.44. The van der Waals surface area contributed by atoms with Gasteiger partial charge in [0.25, 0.3) is 0 Å². The van der Waals surface area contributed by atoms with E-state index in [-0.39, 0.29) is 24.2 Å². The van der Waals surface area contributed by atoms with Crippen molar-refractivity contribution in [2.24, 2.45) is 0 Å². The van der Waals surface area contributed by atoms with E-state index in [9.17, 15) is 18.4 Å². The molecule has 0 bridgehead atoms. The van der Waals surface area contributed by atoms with Crippen molar-refractivity contribution in [3.05, 3.63) is 35.9 Å². The van der Waals surface area contributed by atoms with Crippen LogP contribution in [0.15, 0.2) is 30.3 Å². The van der Waals surface area contributed by atoms with E-state index in [1.165, 1.54) is 36.3 Å². The average Bonchev–Trinajstić information content (AvgIpc) is 2.50. The highest BCUT2D eigenvalue weighted by atomic mass is 19.3. The summed E-state index contributed by atoms with van der Waals surface area (Å²) >= 11 is 0. The number of alkyl halides is 2. The number of hydrogen-bond acceptors (Lipinski definition) is 4. The average molecular weight is 327 g/mol. The Morgan fingerprint density at radius 2 is 1.83 bits per heavy atom. The maximum Gasteiger partial charge on any atom is 0.387 e. The van der Waals surface area contributed by atoms with E-state index in [0.29, 0.717) is 5.56 Å². The minimum Gasteiger partial charge on any atom is -0.468 e. The van der Waals surface area contributed by atoms with Crippen LogP contribution in [0.4, 0.5) is 8.78 Å². The molecule has 1 aromatic carbocycles. The molecule has 0 unspecified atom stereocenters. The third-order valence-electron chi connectivity index (χ3n) is 2.96. The van der Waals surface area contributed by atoms with E-state index in [0.717, 1.165) is 0 Å². The van der Waals surface area contributed by atoms with E-state index in [4.69, 9.17) is 0 Å². The van der Waals surface area contributed by atoms with Crippen LogP contribution in [0.2, 0.25) is 0 Å². The molecule has 0 fully saturated rings. The van der Waals surface area contributed by atoms with E-state index in [1.807, 2.05) is 0 Å². The second-order valence-corrected chi connectivity index (χ2v) is 4.92. The summed E-state index contributed by atoms with van der Waals surface area (Å²) in [5.74, 6) is -0.815. The molecule has 23 heavy (non-hydrogen) atoms. The van der Waals surface area contributed by atoms with Gasteiger partial charge in [-0.3, -0.25) is 9.59 Å². The molecule has 0 aliphatic carbocycles. The Labute approximate surface area is 133 Å². The van der Waals surface area contributed by atoms with Crippen molar-refractivity contribution in [2.75, 3.05) is 13.7 Å². The molecule has 0 heterocycles. The minimum atomic E-state index is -2.88. The number of rotatable bonds is 7. The third kappa shape index (κ3) is 6.46. The lowest BCUT2D eigenvalue weighted by molar-refractivity contribution is -0.146. The van der Waals surface area contributed by atoms with Crippen LogP contribution in [0.5, 0.6) is 5.75 Å². The van der Waals surface area contributed by atoms with Gasteiger partial charge >= 0.3 is 12.6 Å². The van der Waals surface area contributed by atoms with Crippen molar-refractivity contribution in [1.29, 1.82) is 0 Å². The molecule has 1 aromatic rings. The Morgan fingerprint density at radius 1 is 1.22 bits per heavy atom. The van der Waals surface area contributed by atoms with E-state index in [1.54, 1.807) is 26.0 Å². The van der Waals surface area contributed by atoms with Gasteiger partial charge in [-0.1, -0.05) is 12.1 Å². The highest BCUT2D eigenvalue weighted by molar-refractivity contribution is 5.93. The number of nitrogens with zero attached hydrogens (tertiary/aromatic N) is 1. The lowest BCUT2D eigenvalue weighted by Gasteiger charge is -2.24. The van der Waals surface area contributed by atoms with Crippen LogP contribution < -0.4 is 4.74 Å². The van der Waals surface area contributed by atoms with Crippen molar-refractivity contribution >= 4 is 18.0 Å². The molecule has 5 nitrogen and oxygen atoms in total. The Kier molecular flexibility index (Phi) is 7.18. The van der Waals surface area contributed by atoms with Crippen molar-refractivity contribution < 1.29 is 27.8 Å². The molecule has 0 aliphatic heterocycles. The highest BCUT2D eigenvalue weighted by Gasteiger charge is 2.18. The van der Waals surface area contributed by atoms with E-state index < -0.39 is 12.6 Å². The van der Waals surface area contributed by atoms with Crippen LogP contribution in [0, 0.1) is 0 Å². The first kappa shape index (κ1) is 18.6.